The van der Waals surface area contributed by atoms with Gasteiger partial charge >= 0.3 is 0 Å². The van der Waals surface area contributed by atoms with Crippen LogP contribution in [-0.2, 0) is 23.0 Å². The van der Waals surface area contributed by atoms with Gasteiger partial charge in [0, 0.05) is 39.8 Å². The van der Waals surface area contributed by atoms with Crippen molar-refractivity contribution in [3.63, 3.8) is 0 Å². The summed E-state index contributed by atoms with van der Waals surface area (Å²) in [7, 11) is 1.91. The van der Waals surface area contributed by atoms with Crippen LogP contribution in [0.15, 0.2) is 17.1 Å². The fourth-order valence-electron chi connectivity index (χ4n) is 3.41. The SMILES string of the molecule is CCN(CCCNC(=NC)N1CCc2cc(OC)c(OC)cc2C1)S(C)(=O)=O.I. The lowest BCUT2D eigenvalue weighted by molar-refractivity contribution is 0.345. The van der Waals surface area contributed by atoms with Crippen molar-refractivity contribution in [3.8, 4) is 11.5 Å². The first-order valence-electron chi connectivity index (χ1n) is 9.48. The van der Waals surface area contributed by atoms with E-state index in [-0.39, 0.29) is 24.0 Å². The van der Waals surface area contributed by atoms with E-state index in [4.69, 9.17) is 9.47 Å². The highest BCUT2D eigenvalue weighted by Gasteiger charge is 2.21. The zero-order chi connectivity index (χ0) is 20.7. The minimum Gasteiger partial charge on any atom is -0.493 e. The molecular weight excluding hydrogens is 507 g/mol. The number of fused-ring (bicyclic) bond motifs is 1. The molecule has 0 atom stereocenters. The molecule has 2 rings (SSSR count). The summed E-state index contributed by atoms with van der Waals surface area (Å²) < 4.78 is 35.6. The van der Waals surface area contributed by atoms with E-state index < -0.39 is 10.0 Å². The van der Waals surface area contributed by atoms with Crippen LogP contribution in [0.4, 0.5) is 0 Å². The van der Waals surface area contributed by atoms with Crippen LogP contribution in [0.3, 0.4) is 0 Å². The van der Waals surface area contributed by atoms with E-state index in [2.05, 4.69) is 15.2 Å². The van der Waals surface area contributed by atoms with Gasteiger partial charge in [-0.2, -0.15) is 0 Å². The molecule has 1 N–H and O–H groups in total. The highest BCUT2D eigenvalue weighted by Crippen LogP contribution is 2.33. The second-order valence-electron chi connectivity index (χ2n) is 6.73. The predicted molar refractivity (Wildman–Crippen MR) is 127 cm³/mol. The number of ether oxygens (including phenoxy) is 2. The average molecular weight is 540 g/mol. The molecule has 1 aliphatic rings. The fraction of sp³-hybridized carbons (Fsp3) is 0.632. The number of nitrogens with zero attached hydrogens (tertiary/aromatic N) is 3. The number of methoxy groups -OCH3 is 2. The van der Waals surface area contributed by atoms with E-state index >= 15 is 0 Å². The molecule has 0 fully saturated rings. The highest BCUT2D eigenvalue weighted by molar-refractivity contribution is 14.0. The standard InChI is InChI=1S/C19H32N4O4S.HI/c1-6-23(28(5,24)25)10-7-9-21-19(20-2)22-11-8-15-12-17(26-3)18(27-4)13-16(15)14-22;/h12-13H,6-11,14H2,1-5H3,(H,20,21);1H. The van der Waals surface area contributed by atoms with Crippen molar-refractivity contribution in [1.82, 2.24) is 14.5 Å². The first-order chi connectivity index (χ1) is 13.3. The van der Waals surface area contributed by atoms with Crippen molar-refractivity contribution < 1.29 is 17.9 Å². The number of aliphatic imine (C=N–C) groups is 1. The number of halogens is 1. The Morgan fingerprint density at radius 3 is 2.38 bits per heavy atom. The third-order valence-electron chi connectivity index (χ3n) is 4.92. The van der Waals surface area contributed by atoms with Gasteiger partial charge in [-0.25, -0.2) is 12.7 Å². The summed E-state index contributed by atoms with van der Waals surface area (Å²) in [5.41, 5.74) is 2.46. The van der Waals surface area contributed by atoms with Crippen molar-refractivity contribution in [2.24, 2.45) is 4.99 Å². The Morgan fingerprint density at radius 1 is 1.24 bits per heavy atom. The molecule has 1 aliphatic heterocycles. The third-order valence-corrected chi connectivity index (χ3v) is 6.30. The van der Waals surface area contributed by atoms with Gasteiger partial charge in [0.15, 0.2) is 17.5 Å². The summed E-state index contributed by atoms with van der Waals surface area (Å²) in [5.74, 6) is 2.30. The summed E-state index contributed by atoms with van der Waals surface area (Å²) >= 11 is 0. The quantitative estimate of drug-likeness (QED) is 0.235. The van der Waals surface area contributed by atoms with E-state index in [1.54, 1.807) is 21.3 Å². The summed E-state index contributed by atoms with van der Waals surface area (Å²) in [5, 5.41) is 3.35. The lowest BCUT2D eigenvalue weighted by atomic mass is 9.99. The molecule has 1 aromatic rings. The molecule has 0 saturated heterocycles. The van der Waals surface area contributed by atoms with Gasteiger partial charge in [-0.3, -0.25) is 4.99 Å². The maximum atomic E-state index is 11.7. The van der Waals surface area contributed by atoms with Crippen molar-refractivity contribution in [2.45, 2.75) is 26.3 Å². The van der Waals surface area contributed by atoms with Gasteiger partial charge < -0.3 is 19.7 Å². The van der Waals surface area contributed by atoms with E-state index in [1.165, 1.54) is 21.7 Å². The Labute approximate surface area is 191 Å². The Balaban J connectivity index is 0.00000420. The van der Waals surface area contributed by atoms with E-state index in [0.717, 1.165) is 43.4 Å². The summed E-state index contributed by atoms with van der Waals surface area (Å²) in [6.45, 7) is 5.09. The zero-order valence-electron chi connectivity index (χ0n) is 17.9. The predicted octanol–water partition coefficient (Wildman–Crippen LogP) is 1.93. The Morgan fingerprint density at radius 2 is 1.86 bits per heavy atom. The van der Waals surface area contributed by atoms with Crippen LogP contribution < -0.4 is 14.8 Å². The minimum atomic E-state index is -3.14. The van der Waals surface area contributed by atoms with Crippen LogP contribution in [-0.4, -0.2) is 77.3 Å². The van der Waals surface area contributed by atoms with E-state index in [1.807, 2.05) is 19.1 Å². The molecule has 0 unspecified atom stereocenters. The molecule has 0 amide bonds. The van der Waals surface area contributed by atoms with Crippen molar-refractivity contribution in [2.75, 3.05) is 53.7 Å². The van der Waals surface area contributed by atoms with E-state index in [0.29, 0.717) is 19.6 Å². The average Bonchev–Trinajstić information content (AvgIpc) is 2.68. The number of nitrogens with one attached hydrogen (secondary N) is 1. The van der Waals surface area contributed by atoms with Gasteiger partial charge in [0.1, 0.15) is 0 Å². The topological polar surface area (TPSA) is 83.5 Å². The summed E-state index contributed by atoms with van der Waals surface area (Å²) in [4.78, 5) is 6.59. The molecule has 0 spiro atoms. The van der Waals surface area contributed by atoms with Crippen LogP contribution >= 0.6 is 24.0 Å². The number of sulfonamides is 1. The molecular formula is C19H33IN4O4S. The molecule has 0 saturated carbocycles. The number of hydrogen-bond acceptors (Lipinski definition) is 5. The molecule has 0 aliphatic carbocycles. The van der Waals surface area contributed by atoms with Crippen LogP contribution in [0.5, 0.6) is 11.5 Å². The molecule has 0 radical (unpaired) electrons. The Hall–Kier alpha value is -1.27. The fourth-order valence-corrected chi connectivity index (χ4v) is 4.34. The molecule has 166 valence electrons. The lowest BCUT2D eigenvalue weighted by Gasteiger charge is -2.32. The molecule has 0 bridgehead atoms. The van der Waals surface area contributed by atoms with Gasteiger partial charge in [-0.15, -0.1) is 24.0 Å². The highest BCUT2D eigenvalue weighted by atomic mass is 127. The maximum Gasteiger partial charge on any atom is 0.211 e. The van der Waals surface area contributed by atoms with Gasteiger partial charge in [0.05, 0.1) is 20.5 Å². The van der Waals surface area contributed by atoms with Gasteiger partial charge in [0.25, 0.3) is 0 Å². The van der Waals surface area contributed by atoms with Crippen molar-refractivity contribution in [1.29, 1.82) is 0 Å². The maximum absolute atomic E-state index is 11.7. The zero-order valence-corrected chi connectivity index (χ0v) is 21.0. The molecule has 1 aromatic carbocycles. The minimum absolute atomic E-state index is 0. The Bertz CT molecular complexity index is 802. The molecule has 29 heavy (non-hydrogen) atoms. The van der Waals surface area contributed by atoms with Crippen molar-refractivity contribution in [3.05, 3.63) is 23.3 Å². The molecule has 8 nitrogen and oxygen atoms in total. The second kappa shape index (κ2) is 11.8. The van der Waals surface area contributed by atoms with Crippen LogP contribution in [0.1, 0.15) is 24.5 Å². The van der Waals surface area contributed by atoms with Gasteiger partial charge in [-0.05, 0) is 36.1 Å². The second-order valence-corrected chi connectivity index (χ2v) is 8.71. The third kappa shape index (κ3) is 6.88. The summed E-state index contributed by atoms with van der Waals surface area (Å²) in [6, 6.07) is 4.07. The van der Waals surface area contributed by atoms with Crippen molar-refractivity contribution >= 4 is 40.0 Å². The summed E-state index contributed by atoms with van der Waals surface area (Å²) in [6.07, 6.45) is 2.86. The van der Waals surface area contributed by atoms with Crippen LogP contribution in [0.25, 0.3) is 0 Å². The number of hydrogen-bond donors (Lipinski definition) is 1. The smallest absolute Gasteiger partial charge is 0.211 e. The van der Waals surface area contributed by atoms with Gasteiger partial charge in [-0.1, -0.05) is 6.92 Å². The number of rotatable bonds is 8. The lowest BCUT2D eigenvalue weighted by Crippen LogP contribution is -2.44. The largest absolute Gasteiger partial charge is 0.493 e. The molecule has 1 heterocycles. The molecule has 0 aromatic heterocycles. The first-order valence-corrected chi connectivity index (χ1v) is 11.3. The number of benzene rings is 1. The molecule has 10 heteroatoms. The van der Waals surface area contributed by atoms with Crippen LogP contribution in [0, 0.1) is 0 Å². The number of guanidine groups is 1. The monoisotopic (exact) mass is 540 g/mol. The van der Waals surface area contributed by atoms with E-state index in [9.17, 15) is 8.42 Å². The normalized spacial score (nSPS) is 14.3. The Kier molecular flexibility index (Phi) is 10.5. The van der Waals surface area contributed by atoms with Gasteiger partial charge in [0.2, 0.25) is 10.0 Å². The van der Waals surface area contributed by atoms with Crippen LogP contribution in [0.2, 0.25) is 0 Å². The first kappa shape index (κ1) is 25.8.